The highest BCUT2D eigenvalue weighted by atomic mass is 16.6. The van der Waals surface area contributed by atoms with Gasteiger partial charge in [0, 0.05) is 0 Å². The predicted octanol–water partition coefficient (Wildman–Crippen LogP) is -0.556. The predicted molar refractivity (Wildman–Crippen MR) is 83.7 cm³/mol. The van der Waals surface area contributed by atoms with Gasteiger partial charge in [0.2, 0.25) is 0 Å². The molecule has 138 valence electrons. The monoisotopic (exact) mass is 337 g/mol. The quantitative estimate of drug-likeness (QED) is 0.629. The first kappa shape index (κ1) is 20.7. The maximum atomic E-state index is 5.87. The second-order valence-corrected chi connectivity index (χ2v) is 4.97. The first-order valence-electron chi connectivity index (χ1n) is 8.19. The molecular formula is C15H31NO7. The molecule has 1 rings (SSSR count). The molecule has 0 aromatic heterocycles. The molecule has 0 aliphatic carbocycles. The van der Waals surface area contributed by atoms with Gasteiger partial charge in [-0.15, -0.1) is 0 Å². The number of ether oxygens (including phenoxy) is 7. The van der Waals surface area contributed by atoms with Crippen LogP contribution in [0.5, 0.6) is 0 Å². The Kier molecular flexibility index (Phi) is 14.9. The standard InChI is InChI=1S/C15H31NO7/c16-15-13-22-11-9-20-7-5-18-3-1-17-2-4-19-6-8-21-10-12-23-14-15/h15H,1-14,16H2. The van der Waals surface area contributed by atoms with Crippen LogP contribution in [0.1, 0.15) is 0 Å². The number of hydrogen-bond donors (Lipinski definition) is 1. The van der Waals surface area contributed by atoms with E-state index < -0.39 is 0 Å². The van der Waals surface area contributed by atoms with Crippen LogP contribution in [0.25, 0.3) is 0 Å². The van der Waals surface area contributed by atoms with Gasteiger partial charge in [-0.1, -0.05) is 0 Å². The van der Waals surface area contributed by atoms with Crippen molar-refractivity contribution in [3.8, 4) is 0 Å². The van der Waals surface area contributed by atoms with Crippen molar-refractivity contribution in [2.75, 3.05) is 92.5 Å². The molecule has 8 nitrogen and oxygen atoms in total. The molecule has 8 heteroatoms. The van der Waals surface area contributed by atoms with E-state index in [0.29, 0.717) is 92.5 Å². The Balaban J connectivity index is 2.07. The van der Waals surface area contributed by atoms with Crippen LogP contribution in [-0.4, -0.2) is 98.5 Å². The smallest absolute Gasteiger partial charge is 0.0701 e. The topological polar surface area (TPSA) is 90.6 Å². The number of rotatable bonds is 0. The molecule has 1 aliphatic rings. The molecule has 0 saturated carbocycles. The first-order valence-corrected chi connectivity index (χ1v) is 8.19. The van der Waals surface area contributed by atoms with Gasteiger partial charge < -0.3 is 38.9 Å². The molecule has 0 aromatic carbocycles. The maximum Gasteiger partial charge on any atom is 0.0701 e. The van der Waals surface area contributed by atoms with Crippen molar-refractivity contribution in [3.63, 3.8) is 0 Å². The lowest BCUT2D eigenvalue weighted by Gasteiger charge is -2.13. The fourth-order valence-electron chi connectivity index (χ4n) is 1.73. The minimum atomic E-state index is -0.139. The summed E-state index contributed by atoms with van der Waals surface area (Å²) in [5, 5.41) is 0. The van der Waals surface area contributed by atoms with Crippen LogP contribution >= 0.6 is 0 Å². The fourth-order valence-corrected chi connectivity index (χ4v) is 1.73. The van der Waals surface area contributed by atoms with E-state index in [9.17, 15) is 0 Å². The second-order valence-electron chi connectivity index (χ2n) is 4.97. The summed E-state index contributed by atoms with van der Waals surface area (Å²) >= 11 is 0. The molecule has 23 heavy (non-hydrogen) atoms. The molecule has 0 aromatic rings. The number of hydrogen-bond acceptors (Lipinski definition) is 8. The highest BCUT2D eigenvalue weighted by molar-refractivity contribution is 4.57. The fraction of sp³-hybridized carbons (Fsp3) is 1.00. The van der Waals surface area contributed by atoms with E-state index in [4.69, 9.17) is 38.9 Å². The van der Waals surface area contributed by atoms with Crippen molar-refractivity contribution in [3.05, 3.63) is 0 Å². The lowest BCUT2D eigenvalue weighted by atomic mass is 10.4. The Morgan fingerprint density at radius 2 is 0.609 bits per heavy atom. The Bertz CT molecular complexity index is 224. The average Bonchev–Trinajstić information content (AvgIpc) is 2.55. The van der Waals surface area contributed by atoms with E-state index in [2.05, 4.69) is 0 Å². The summed E-state index contributed by atoms with van der Waals surface area (Å²) in [6.07, 6.45) is 0. The molecule has 1 aliphatic heterocycles. The van der Waals surface area contributed by atoms with Crippen LogP contribution < -0.4 is 5.73 Å². The second kappa shape index (κ2) is 16.5. The van der Waals surface area contributed by atoms with Gasteiger partial charge in [0.15, 0.2) is 0 Å². The van der Waals surface area contributed by atoms with Gasteiger partial charge in [-0.25, -0.2) is 0 Å². The summed E-state index contributed by atoms with van der Waals surface area (Å²) in [4.78, 5) is 0. The average molecular weight is 337 g/mol. The highest BCUT2D eigenvalue weighted by Gasteiger charge is 2.03. The Hall–Kier alpha value is -0.320. The van der Waals surface area contributed by atoms with Gasteiger partial charge >= 0.3 is 0 Å². The molecule has 1 heterocycles. The maximum absolute atomic E-state index is 5.87. The Morgan fingerprint density at radius 1 is 0.391 bits per heavy atom. The van der Waals surface area contributed by atoms with Gasteiger partial charge in [0.05, 0.1) is 98.5 Å². The van der Waals surface area contributed by atoms with Crippen molar-refractivity contribution in [1.82, 2.24) is 0 Å². The van der Waals surface area contributed by atoms with Crippen LogP contribution in [0.4, 0.5) is 0 Å². The third-order valence-corrected chi connectivity index (χ3v) is 2.90. The first-order chi connectivity index (χ1) is 11.4. The largest absolute Gasteiger partial charge is 0.377 e. The Morgan fingerprint density at radius 3 is 0.870 bits per heavy atom. The van der Waals surface area contributed by atoms with Gasteiger partial charge in [-0.3, -0.25) is 0 Å². The summed E-state index contributed by atoms with van der Waals surface area (Å²) in [7, 11) is 0. The lowest BCUT2D eigenvalue weighted by Crippen LogP contribution is -2.32. The van der Waals surface area contributed by atoms with E-state index in [0.717, 1.165) is 0 Å². The van der Waals surface area contributed by atoms with Gasteiger partial charge in [0.1, 0.15) is 0 Å². The molecule has 0 unspecified atom stereocenters. The Labute approximate surface area is 138 Å². The molecule has 1 saturated heterocycles. The van der Waals surface area contributed by atoms with Crippen molar-refractivity contribution >= 4 is 0 Å². The molecule has 0 spiro atoms. The molecule has 2 N–H and O–H groups in total. The summed E-state index contributed by atoms with van der Waals surface area (Å²) in [5.74, 6) is 0. The van der Waals surface area contributed by atoms with E-state index >= 15 is 0 Å². The third-order valence-electron chi connectivity index (χ3n) is 2.90. The minimum Gasteiger partial charge on any atom is -0.377 e. The van der Waals surface area contributed by atoms with Crippen LogP contribution in [0.3, 0.4) is 0 Å². The summed E-state index contributed by atoms with van der Waals surface area (Å²) < 4.78 is 37.7. The van der Waals surface area contributed by atoms with E-state index in [1.54, 1.807) is 0 Å². The van der Waals surface area contributed by atoms with Crippen LogP contribution in [0.15, 0.2) is 0 Å². The SMILES string of the molecule is NC1COCCOCCOCCOCCOCCOCCOC1. The molecule has 0 amide bonds. The minimum absolute atomic E-state index is 0.139. The van der Waals surface area contributed by atoms with Gasteiger partial charge in [-0.05, 0) is 0 Å². The van der Waals surface area contributed by atoms with Gasteiger partial charge in [-0.2, -0.15) is 0 Å². The molecular weight excluding hydrogens is 306 g/mol. The zero-order valence-electron chi connectivity index (χ0n) is 13.9. The zero-order valence-corrected chi connectivity index (χ0v) is 13.9. The molecule has 0 radical (unpaired) electrons. The van der Waals surface area contributed by atoms with Crippen molar-refractivity contribution < 1.29 is 33.2 Å². The third kappa shape index (κ3) is 15.0. The van der Waals surface area contributed by atoms with E-state index in [1.807, 2.05) is 0 Å². The lowest BCUT2D eigenvalue weighted by molar-refractivity contribution is -0.0275. The van der Waals surface area contributed by atoms with Crippen molar-refractivity contribution in [2.24, 2.45) is 5.73 Å². The molecule has 0 atom stereocenters. The highest BCUT2D eigenvalue weighted by Crippen LogP contribution is 1.88. The van der Waals surface area contributed by atoms with Crippen LogP contribution in [-0.2, 0) is 33.2 Å². The van der Waals surface area contributed by atoms with E-state index in [1.165, 1.54) is 0 Å². The van der Waals surface area contributed by atoms with E-state index in [-0.39, 0.29) is 6.04 Å². The molecule has 0 bridgehead atoms. The summed E-state index contributed by atoms with van der Waals surface area (Å²) in [6.45, 7) is 7.37. The van der Waals surface area contributed by atoms with Crippen molar-refractivity contribution in [2.45, 2.75) is 6.04 Å². The molecule has 1 fully saturated rings. The van der Waals surface area contributed by atoms with Gasteiger partial charge in [0.25, 0.3) is 0 Å². The number of nitrogens with two attached hydrogens (primary N) is 1. The van der Waals surface area contributed by atoms with Crippen LogP contribution in [0.2, 0.25) is 0 Å². The zero-order chi connectivity index (χ0) is 16.4. The van der Waals surface area contributed by atoms with Crippen LogP contribution in [0, 0.1) is 0 Å². The summed E-state index contributed by atoms with van der Waals surface area (Å²) in [5.41, 5.74) is 5.87. The van der Waals surface area contributed by atoms with Crippen molar-refractivity contribution in [1.29, 1.82) is 0 Å². The normalized spacial score (nSPS) is 24.4. The summed E-state index contributed by atoms with van der Waals surface area (Å²) in [6, 6.07) is -0.139.